The molecule has 1 aromatic heterocycles. The second-order valence-electron chi connectivity index (χ2n) is 5.51. The van der Waals surface area contributed by atoms with E-state index in [1.54, 1.807) is 0 Å². The number of hydrogen-bond acceptors (Lipinski definition) is 3. The smallest absolute Gasteiger partial charge is 0.347 e. The van der Waals surface area contributed by atoms with Gasteiger partial charge in [0.25, 0.3) is 0 Å². The van der Waals surface area contributed by atoms with Crippen molar-refractivity contribution in [2.45, 2.75) is 32.6 Å². The topological polar surface area (TPSA) is 50.2 Å². The molecule has 0 aliphatic rings. The van der Waals surface area contributed by atoms with Crippen molar-refractivity contribution in [3.63, 3.8) is 0 Å². The number of nitrogens with zero attached hydrogens (tertiary/aromatic N) is 1. The molecule has 0 fully saturated rings. The van der Waals surface area contributed by atoms with Crippen LogP contribution in [0.4, 0.5) is 0 Å². The summed E-state index contributed by atoms with van der Waals surface area (Å²) in [6.45, 7) is 6.14. The minimum absolute atomic E-state index is 0.121. The van der Waals surface area contributed by atoms with Gasteiger partial charge in [-0.3, -0.25) is 0 Å². The zero-order valence-corrected chi connectivity index (χ0v) is 12.1. The lowest BCUT2D eigenvalue weighted by molar-refractivity contribution is 0.0701. The van der Waals surface area contributed by atoms with Crippen LogP contribution in [0.1, 0.15) is 46.7 Å². The molecule has 1 aromatic carbocycles. The van der Waals surface area contributed by atoms with Gasteiger partial charge in [0.1, 0.15) is 4.88 Å². The third kappa shape index (κ3) is 3.20. The normalized spacial score (nSPS) is 11.5. The lowest BCUT2D eigenvalue weighted by atomic mass is 9.98. The maximum absolute atomic E-state index is 11.3. The lowest BCUT2D eigenvalue weighted by Crippen LogP contribution is -2.10. The van der Waals surface area contributed by atoms with Gasteiger partial charge in [-0.2, -0.15) is 0 Å². The molecule has 19 heavy (non-hydrogen) atoms. The Morgan fingerprint density at radius 2 is 1.89 bits per heavy atom. The van der Waals surface area contributed by atoms with Gasteiger partial charge in [0.05, 0.1) is 10.7 Å². The zero-order valence-electron chi connectivity index (χ0n) is 11.3. The summed E-state index contributed by atoms with van der Waals surface area (Å²) in [4.78, 5) is 16.2. The van der Waals surface area contributed by atoms with Crippen molar-refractivity contribution in [1.29, 1.82) is 0 Å². The molecule has 0 bridgehead atoms. The van der Waals surface area contributed by atoms with Gasteiger partial charge in [0, 0.05) is 11.8 Å². The highest BCUT2D eigenvalue weighted by Crippen LogP contribution is 2.30. The lowest BCUT2D eigenvalue weighted by Gasteiger charge is -2.13. The van der Waals surface area contributed by atoms with Crippen LogP contribution in [0.2, 0.25) is 0 Å². The monoisotopic (exact) mass is 275 g/mol. The first-order chi connectivity index (χ1) is 8.88. The molecule has 0 saturated carbocycles. The van der Waals surface area contributed by atoms with Gasteiger partial charge in [0.15, 0.2) is 0 Å². The first-order valence-electron chi connectivity index (χ1n) is 6.15. The van der Waals surface area contributed by atoms with E-state index in [-0.39, 0.29) is 5.41 Å². The number of carboxylic acid groups (broad SMARTS) is 1. The fourth-order valence-electron chi connectivity index (χ4n) is 1.75. The number of hydrogen-bond donors (Lipinski definition) is 1. The van der Waals surface area contributed by atoms with E-state index in [0.717, 1.165) is 10.6 Å². The number of aromatic carboxylic acids is 1. The van der Waals surface area contributed by atoms with Crippen molar-refractivity contribution in [2.24, 2.45) is 0 Å². The molecule has 0 radical (unpaired) electrons. The molecule has 0 atom stereocenters. The molecule has 4 heteroatoms. The molecule has 0 unspecified atom stereocenters. The van der Waals surface area contributed by atoms with Gasteiger partial charge in [-0.25, -0.2) is 9.78 Å². The van der Waals surface area contributed by atoms with Crippen molar-refractivity contribution >= 4 is 17.3 Å². The number of carbonyl (C=O) groups is 1. The van der Waals surface area contributed by atoms with E-state index >= 15 is 0 Å². The summed E-state index contributed by atoms with van der Waals surface area (Å²) < 4.78 is 0. The molecule has 100 valence electrons. The van der Waals surface area contributed by atoms with Crippen molar-refractivity contribution in [1.82, 2.24) is 4.98 Å². The van der Waals surface area contributed by atoms with Crippen molar-refractivity contribution < 1.29 is 9.90 Å². The Hall–Kier alpha value is -1.68. The zero-order chi connectivity index (χ0) is 14.0. The molecule has 0 amide bonds. The summed E-state index contributed by atoms with van der Waals surface area (Å²) in [7, 11) is 0. The van der Waals surface area contributed by atoms with Crippen LogP contribution in [0.5, 0.6) is 0 Å². The molecular weight excluding hydrogens is 258 g/mol. The SMILES string of the molecule is CC(C)(C)c1nc(Cc2ccccc2)c(C(=O)O)s1. The Kier molecular flexibility index (Phi) is 3.71. The van der Waals surface area contributed by atoms with Crippen LogP contribution in [0, 0.1) is 0 Å². The van der Waals surface area contributed by atoms with Crippen LogP contribution in [0.3, 0.4) is 0 Å². The molecule has 0 aliphatic carbocycles. The summed E-state index contributed by atoms with van der Waals surface area (Å²) in [5.41, 5.74) is 1.62. The molecule has 0 spiro atoms. The predicted octanol–water partition coefficient (Wildman–Crippen LogP) is 3.73. The van der Waals surface area contributed by atoms with Gasteiger partial charge in [0.2, 0.25) is 0 Å². The van der Waals surface area contributed by atoms with Crippen molar-refractivity contribution in [3.05, 3.63) is 51.5 Å². The molecule has 3 nitrogen and oxygen atoms in total. The maximum atomic E-state index is 11.3. The van der Waals surface area contributed by atoms with E-state index < -0.39 is 5.97 Å². The highest BCUT2D eigenvalue weighted by atomic mass is 32.1. The molecule has 0 saturated heterocycles. The van der Waals surface area contributed by atoms with Crippen molar-refractivity contribution in [3.8, 4) is 0 Å². The van der Waals surface area contributed by atoms with Gasteiger partial charge in [-0.1, -0.05) is 51.1 Å². The highest BCUT2D eigenvalue weighted by molar-refractivity contribution is 7.13. The average molecular weight is 275 g/mol. The standard InChI is InChI=1S/C15H17NO2S/c1-15(2,3)14-16-11(12(19-14)13(17)18)9-10-7-5-4-6-8-10/h4-8H,9H2,1-3H3,(H,17,18). The molecular formula is C15H17NO2S. The largest absolute Gasteiger partial charge is 0.477 e. The van der Waals surface area contributed by atoms with Gasteiger partial charge >= 0.3 is 5.97 Å². The van der Waals surface area contributed by atoms with E-state index in [2.05, 4.69) is 4.98 Å². The molecule has 1 N–H and O–H groups in total. The Morgan fingerprint density at radius 1 is 1.26 bits per heavy atom. The third-order valence-electron chi connectivity index (χ3n) is 2.75. The maximum Gasteiger partial charge on any atom is 0.347 e. The quantitative estimate of drug-likeness (QED) is 0.928. The number of benzene rings is 1. The van der Waals surface area contributed by atoms with Gasteiger partial charge in [-0.15, -0.1) is 11.3 Å². The summed E-state index contributed by atoms with van der Waals surface area (Å²) in [5.74, 6) is -0.890. The van der Waals surface area contributed by atoms with E-state index in [4.69, 9.17) is 0 Å². The van der Waals surface area contributed by atoms with E-state index in [0.29, 0.717) is 17.0 Å². The summed E-state index contributed by atoms with van der Waals surface area (Å²) in [6.07, 6.45) is 0.565. The van der Waals surface area contributed by atoms with Crippen LogP contribution < -0.4 is 0 Å². The van der Waals surface area contributed by atoms with Crippen LogP contribution in [-0.2, 0) is 11.8 Å². The fourth-order valence-corrected chi connectivity index (χ4v) is 2.73. The Bertz CT molecular complexity index is 582. The average Bonchev–Trinajstić information content (AvgIpc) is 2.74. The van der Waals surface area contributed by atoms with Crippen LogP contribution in [0.15, 0.2) is 30.3 Å². The minimum Gasteiger partial charge on any atom is -0.477 e. The van der Waals surface area contributed by atoms with E-state index in [9.17, 15) is 9.90 Å². The predicted molar refractivity (Wildman–Crippen MR) is 77.0 cm³/mol. The van der Waals surface area contributed by atoms with Crippen LogP contribution >= 0.6 is 11.3 Å². The first kappa shape index (κ1) is 13.7. The van der Waals surface area contributed by atoms with E-state index in [1.165, 1.54) is 11.3 Å². The van der Waals surface area contributed by atoms with Gasteiger partial charge in [-0.05, 0) is 5.56 Å². The van der Waals surface area contributed by atoms with E-state index in [1.807, 2.05) is 51.1 Å². The number of rotatable bonds is 3. The Balaban J connectivity index is 2.39. The fraction of sp³-hybridized carbons (Fsp3) is 0.333. The van der Waals surface area contributed by atoms with Crippen LogP contribution in [0.25, 0.3) is 0 Å². The molecule has 2 rings (SSSR count). The summed E-state index contributed by atoms with van der Waals surface area (Å²) >= 11 is 1.28. The highest BCUT2D eigenvalue weighted by Gasteiger charge is 2.24. The number of aromatic nitrogens is 1. The van der Waals surface area contributed by atoms with Crippen molar-refractivity contribution in [2.75, 3.05) is 0 Å². The third-order valence-corrected chi connectivity index (χ3v) is 4.26. The van der Waals surface area contributed by atoms with Gasteiger partial charge < -0.3 is 5.11 Å². The summed E-state index contributed by atoms with van der Waals surface area (Å²) in [6, 6.07) is 9.83. The number of carboxylic acids is 1. The molecule has 2 aromatic rings. The second-order valence-corrected chi connectivity index (χ2v) is 6.51. The molecule has 1 heterocycles. The second kappa shape index (κ2) is 5.13. The summed E-state index contributed by atoms with van der Waals surface area (Å²) in [5, 5.41) is 10.2. The van der Waals surface area contributed by atoms with Crippen LogP contribution in [-0.4, -0.2) is 16.1 Å². The Labute approximate surface area is 116 Å². The number of thiazole rings is 1. The molecule has 0 aliphatic heterocycles. The first-order valence-corrected chi connectivity index (χ1v) is 6.97. The Morgan fingerprint density at radius 3 is 2.42 bits per heavy atom. The minimum atomic E-state index is -0.890.